The van der Waals surface area contributed by atoms with E-state index in [1.165, 1.54) is 7.11 Å². The minimum Gasteiger partial charge on any atom is -0.465 e. The van der Waals surface area contributed by atoms with Crippen molar-refractivity contribution in [1.82, 2.24) is 0 Å². The number of rotatable bonds is 1. The van der Waals surface area contributed by atoms with Crippen molar-refractivity contribution < 1.29 is 9.53 Å². The smallest absolute Gasteiger partial charge is 0.340 e. The molecule has 0 unspecified atom stereocenters. The number of ether oxygens (including phenoxy) is 1. The van der Waals surface area contributed by atoms with Crippen LogP contribution in [0.15, 0.2) is 16.6 Å². The lowest BCUT2D eigenvalue weighted by atomic mass is 10.2. The first-order valence-corrected chi connectivity index (χ1v) is 5.54. The molecule has 1 aromatic carbocycles. The summed E-state index contributed by atoms with van der Waals surface area (Å²) in [5, 5.41) is 0.418. The van der Waals surface area contributed by atoms with Crippen LogP contribution in [0.1, 0.15) is 10.4 Å². The number of methoxy groups -OCH3 is 1. The first kappa shape index (κ1) is 11.3. The van der Waals surface area contributed by atoms with Crippen molar-refractivity contribution in [3.8, 4) is 0 Å². The summed E-state index contributed by atoms with van der Waals surface area (Å²) in [5.41, 5.74) is 0.371. The predicted molar refractivity (Wildman–Crippen MR) is 63.2 cm³/mol. The van der Waals surface area contributed by atoms with Gasteiger partial charge in [0.1, 0.15) is 0 Å². The highest BCUT2D eigenvalue weighted by molar-refractivity contribution is 14.1. The Balaban J connectivity index is 3.33. The van der Waals surface area contributed by atoms with E-state index in [2.05, 4.69) is 43.3 Å². The van der Waals surface area contributed by atoms with Gasteiger partial charge in [-0.05, 0) is 50.7 Å². The van der Waals surface area contributed by atoms with Crippen molar-refractivity contribution in [3.63, 3.8) is 0 Å². The number of carbonyl (C=O) groups excluding carboxylic acids is 1. The van der Waals surface area contributed by atoms with Crippen molar-refractivity contribution in [3.05, 3.63) is 30.8 Å². The van der Waals surface area contributed by atoms with E-state index in [-0.39, 0.29) is 0 Å². The average molecular weight is 375 g/mol. The minimum absolute atomic E-state index is 0.371. The SMILES string of the molecule is COC(=O)c1c(Br)ccc(I)c1Cl. The number of hydrogen-bond donors (Lipinski definition) is 0. The molecule has 0 N–H and O–H groups in total. The van der Waals surface area contributed by atoms with Crippen LogP contribution in [0.5, 0.6) is 0 Å². The Kier molecular flexibility index (Phi) is 4.00. The highest BCUT2D eigenvalue weighted by Gasteiger charge is 2.16. The van der Waals surface area contributed by atoms with Crippen LogP contribution in [-0.4, -0.2) is 13.1 Å². The largest absolute Gasteiger partial charge is 0.465 e. The van der Waals surface area contributed by atoms with Crippen LogP contribution in [0.25, 0.3) is 0 Å². The third-order valence-corrected chi connectivity index (χ3v) is 3.70. The second-order valence-electron chi connectivity index (χ2n) is 2.21. The van der Waals surface area contributed by atoms with Gasteiger partial charge in [-0.3, -0.25) is 0 Å². The molecule has 0 heterocycles. The molecule has 2 nitrogen and oxygen atoms in total. The van der Waals surface area contributed by atoms with Gasteiger partial charge in [0.2, 0.25) is 0 Å². The van der Waals surface area contributed by atoms with Crippen LogP contribution < -0.4 is 0 Å². The molecule has 1 aromatic rings. The molecular formula is C8H5BrClIO2. The lowest BCUT2D eigenvalue weighted by molar-refractivity contribution is 0.0600. The quantitative estimate of drug-likeness (QED) is 0.427. The molecule has 0 radical (unpaired) electrons. The minimum atomic E-state index is -0.435. The van der Waals surface area contributed by atoms with Gasteiger partial charge in [-0.25, -0.2) is 4.79 Å². The van der Waals surface area contributed by atoms with Crippen molar-refractivity contribution in [1.29, 1.82) is 0 Å². The lowest BCUT2D eigenvalue weighted by Gasteiger charge is -2.05. The molecule has 5 heteroatoms. The molecule has 0 saturated heterocycles. The highest BCUT2D eigenvalue weighted by atomic mass is 127. The summed E-state index contributed by atoms with van der Waals surface area (Å²) in [7, 11) is 1.32. The standard InChI is InChI=1S/C8H5BrClIO2/c1-13-8(12)6-4(9)2-3-5(11)7(6)10/h2-3H,1H3. The molecule has 0 fully saturated rings. The first-order valence-electron chi connectivity index (χ1n) is 3.29. The molecule has 0 atom stereocenters. The third kappa shape index (κ3) is 2.35. The van der Waals surface area contributed by atoms with Crippen LogP contribution in [-0.2, 0) is 4.74 Å². The van der Waals surface area contributed by atoms with Gasteiger partial charge in [0.25, 0.3) is 0 Å². The van der Waals surface area contributed by atoms with E-state index < -0.39 is 5.97 Å². The molecular weight excluding hydrogens is 370 g/mol. The Morgan fingerprint density at radius 2 is 2.23 bits per heavy atom. The van der Waals surface area contributed by atoms with Crippen LogP contribution >= 0.6 is 50.1 Å². The van der Waals surface area contributed by atoms with Crippen LogP contribution in [0.2, 0.25) is 5.02 Å². The number of hydrogen-bond acceptors (Lipinski definition) is 2. The highest BCUT2D eigenvalue weighted by Crippen LogP contribution is 2.29. The Bertz CT molecular complexity index is 354. The summed E-state index contributed by atoms with van der Waals surface area (Å²) < 4.78 is 6.06. The molecule has 0 bridgehead atoms. The van der Waals surface area contributed by atoms with Gasteiger partial charge in [-0.15, -0.1) is 0 Å². The van der Waals surface area contributed by atoms with Gasteiger partial charge in [0.05, 0.1) is 17.7 Å². The van der Waals surface area contributed by atoms with Crippen molar-refractivity contribution in [2.45, 2.75) is 0 Å². The summed E-state index contributed by atoms with van der Waals surface area (Å²) in [6.45, 7) is 0. The predicted octanol–water partition coefficient (Wildman–Crippen LogP) is 3.49. The molecule has 0 aromatic heterocycles. The fourth-order valence-electron chi connectivity index (χ4n) is 0.816. The Labute approximate surface area is 103 Å². The van der Waals surface area contributed by atoms with E-state index in [1.54, 1.807) is 6.07 Å². The third-order valence-electron chi connectivity index (χ3n) is 1.43. The zero-order valence-electron chi connectivity index (χ0n) is 6.61. The molecule has 0 spiro atoms. The zero-order valence-corrected chi connectivity index (χ0v) is 11.1. The second-order valence-corrected chi connectivity index (χ2v) is 4.60. The van der Waals surface area contributed by atoms with Gasteiger partial charge in [-0.1, -0.05) is 11.6 Å². The van der Waals surface area contributed by atoms with E-state index in [0.717, 1.165) is 3.57 Å². The van der Waals surface area contributed by atoms with Gasteiger partial charge in [0, 0.05) is 8.04 Å². The Hall–Kier alpha value is 0.190. The first-order chi connectivity index (χ1) is 6.07. The summed E-state index contributed by atoms with van der Waals surface area (Å²) in [6, 6.07) is 3.58. The van der Waals surface area contributed by atoms with Gasteiger partial charge >= 0.3 is 5.97 Å². The normalized spacial score (nSPS) is 9.85. The van der Waals surface area contributed by atoms with Crippen LogP contribution in [0.4, 0.5) is 0 Å². The van der Waals surface area contributed by atoms with Crippen molar-refractivity contribution in [2.75, 3.05) is 7.11 Å². The van der Waals surface area contributed by atoms with E-state index in [9.17, 15) is 4.79 Å². The maximum Gasteiger partial charge on any atom is 0.340 e. The van der Waals surface area contributed by atoms with Crippen molar-refractivity contribution in [2.24, 2.45) is 0 Å². The molecule has 0 aliphatic heterocycles. The van der Waals surface area contributed by atoms with Crippen LogP contribution in [0, 0.1) is 3.57 Å². The lowest BCUT2D eigenvalue weighted by Crippen LogP contribution is -2.04. The zero-order chi connectivity index (χ0) is 10.0. The maximum absolute atomic E-state index is 11.3. The summed E-state index contributed by atoms with van der Waals surface area (Å²) in [4.78, 5) is 11.3. The molecule has 0 aliphatic rings. The van der Waals surface area contributed by atoms with E-state index in [1.807, 2.05) is 6.07 Å². The molecule has 0 saturated carbocycles. The van der Waals surface area contributed by atoms with Crippen LogP contribution in [0.3, 0.4) is 0 Å². The monoisotopic (exact) mass is 374 g/mol. The van der Waals surface area contributed by atoms with E-state index >= 15 is 0 Å². The molecule has 13 heavy (non-hydrogen) atoms. The Morgan fingerprint density at radius 1 is 1.62 bits per heavy atom. The van der Waals surface area contributed by atoms with E-state index in [4.69, 9.17) is 11.6 Å². The average Bonchev–Trinajstić information content (AvgIpc) is 2.12. The van der Waals surface area contributed by atoms with Crippen molar-refractivity contribution >= 4 is 56.1 Å². The van der Waals surface area contributed by atoms with E-state index in [0.29, 0.717) is 15.1 Å². The van der Waals surface area contributed by atoms with Gasteiger partial charge in [-0.2, -0.15) is 0 Å². The fourth-order valence-corrected chi connectivity index (χ4v) is 2.11. The summed E-state index contributed by atoms with van der Waals surface area (Å²) in [6.07, 6.45) is 0. The Morgan fingerprint density at radius 3 is 2.77 bits per heavy atom. The van der Waals surface area contributed by atoms with Gasteiger partial charge < -0.3 is 4.74 Å². The maximum atomic E-state index is 11.3. The number of carbonyl (C=O) groups is 1. The number of benzene rings is 1. The molecule has 70 valence electrons. The van der Waals surface area contributed by atoms with Gasteiger partial charge in [0.15, 0.2) is 0 Å². The second kappa shape index (κ2) is 4.61. The summed E-state index contributed by atoms with van der Waals surface area (Å²) in [5.74, 6) is -0.435. The molecule has 1 rings (SSSR count). The molecule has 0 aliphatic carbocycles. The number of halogens is 3. The topological polar surface area (TPSA) is 26.3 Å². The fraction of sp³-hybridized carbons (Fsp3) is 0.125. The summed E-state index contributed by atoms with van der Waals surface area (Å²) >= 11 is 11.2. The number of esters is 1. The molecule has 0 amide bonds.